The summed E-state index contributed by atoms with van der Waals surface area (Å²) < 4.78 is 0. The molecule has 0 unspecified atom stereocenters. The van der Waals surface area contributed by atoms with Gasteiger partial charge in [-0.3, -0.25) is 0 Å². The van der Waals surface area contributed by atoms with Crippen molar-refractivity contribution in [3.05, 3.63) is 84.9 Å². The summed E-state index contributed by atoms with van der Waals surface area (Å²) in [4.78, 5) is 3.57. The highest BCUT2D eigenvalue weighted by molar-refractivity contribution is 6.09. The minimum absolute atomic E-state index is 0.0669. The van der Waals surface area contributed by atoms with E-state index >= 15 is 0 Å². The van der Waals surface area contributed by atoms with Crippen molar-refractivity contribution in [2.45, 2.75) is 67.2 Å². The van der Waals surface area contributed by atoms with Crippen LogP contribution in [0.15, 0.2) is 73.8 Å². The average molecular weight is 416 g/mol. The predicted molar refractivity (Wildman–Crippen MR) is 143 cm³/mol. The lowest BCUT2D eigenvalue weighted by atomic mass is 9.82. The number of H-pyrrole nitrogens is 1. The van der Waals surface area contributed by atoms with E-state index in [-0.39, 0.29) is 5.41 Å². The number of aromatic amines is 1. The lowest BCUT2D eigenvalue weighted by molar-refractivity contribution is 0.661. The number of aromatic nitrogens is 1. The molecule has 1 aliphatic carbocycles. The molecular weight excluding hydrogens is 374 g/mol. The zero-order valence-corrected chi connectivity index (χ0v) is 20.9. The van der Waals surface area contributed by atoms with Crippen LogP contribution in [-0.4, -0.2) is 4.98 Å². The third-order valence-corrected chi connectivity index (χ3v) is 5.21. The molecule has 0 fully saturated rings. The number of fused-ring (bicyclic) bond motifs is 6. The van der Waals surface area contributed by atoms with E-state index in [2.05, 4.69) is 107 Å². The fourth-order valence-electron chi connectivity index (χ4n) is 4.05. The van der Waals surface area contributed by atoms with Gasteiger partial charge in [0.1, 0.15) is 0 Å². The maximum atomic E-state index is 3.57. The first kappa shape index (κ1) is 26.2. The van der Waals surface area contributed by atoms with Crippen molar-refractivity contribution in [3.8, 4) is 11.1 Å². The minimum Gasteiger partial charge on any atom is -0.355 e. The summed E-state index contributed by atoms with van der Waals surface area (Å²) in [6.45, 7) is 22.9. The van der Waals surface area contributed by atoms with E-state index in [1.807, 2.05) is 27.7 Å². The zero-order chi connectivity index (χ0) is 23.6. The van der Waals surface area contributed by atoms with E-state index in [1.54, 1.807) is 0 Å². The molecule has 1 nitrogen and oxygen atoms in total. The first-order chi connectivity index (χ1) is 15.1. The van der Waals surface area contributed by atoms with Crippen molar-refractivity contribution in [2.75, 3.05) is 0 Å². The molecule has 0 radical (unpaired) electrons. The highest BCUT2D eigenvalue weighted by Gasteiger charge is 2.35. The van der Waals surface area contributed by atoms with Crippen molar-refractivity contribution in [3.63, 3.8) is 0 Å². The molecule has 1 heterocycles. The fraction of sp³-hybridized carbons (Fsp3) is 0.333. The van der Waals surface area contributed by atoms with Gasteiger partial charge in [0.25, 0.3) is 0 Å². The predicted octanol–water partition coefficient (Wildman–Crippen LogP) is 9.90. The molecule has 0 spiro atoms. The van der Waals surface area contributed by atoms with E-state index in [0.29, 0.717) is 0 Å². The Labute approximate surface area is 190 Å². The fourth-order valence-corrected chi connectivity index (χ4v) is 4.05. The standard InChI is InChI=1S/C21H17N.C3H8.2C2H6.C2H4/c1-21(2)17-9-5-3-7-13(17)15-11-16-14-8-4-6-10-19(14)22-20(16)12-18(15)21;1-3-2;3*1-2/h3-12,22H,1-2H3;3H2,1-2H3;2*1-2H3;1-2H2. The maximum Gasteiger partial charge on any atom is 0.0468 e. The van der Waals surface area contributed by atoms with E-state index in [4.69, 9.17) is 0 Å². The van der Waals surface area contributed by atoms with Crippen molar-refractivity contribution >= 4 is 21.8 Å². The molecule has 0 atom stereocenters. The SMILES string of the molecule is C=C.CC.CC.CC1(C)c2ccccc2-c2cc3c(cc21)[nH]c1ccccc13.CCC. The molecule has 0 amide bonds. The molecule has 166 valence electrons. The Kier molecular flexibility index (Phi) is 10.3. The topological polar surface area (TPSA) is 15.8 Å². The Morgan fingerprint density at radius 1 is 0.677 bits per heavy atom. The van der Waals surface area contributed by atoms with Crippen LogP contribution in [0.3, 0.4) is 0 Å². The van der Waals surface area contributed by atoms with Crippen LogP contribution < -0.4 is 0 Å². The summed E-state index contributed by atoms with van der Waals surface area (Å²) >= 11 is 0. The van der Waals surface area contributed by atoms with E-state index < -0.39 is 0 Å². The van der Waals surface area contributed by atoms with E-state index in [1.165, 1.54) is 50.5 Å². The van der Waals surface area contributed by atoms with Crippen molar-refractivity contribution < 1.29 is 0 Å². The van der Waals surface area contributed by atoms with Crippen LogP contribution in [-0.2, 0) is 5.41 Å². The Morgan fingerprint density at radius 3 is 1.87 bits per heavy atom. The van der Waals surface area contributed by atoms with Crippen LogP contribution in [0, 0.1) is 0 Å². The van der Waals surface area contributed by atoms with Gasteiger partial charge in [-0.1, -0.05) is 104 Å². The van der Waals surface area contributed by atoms with E-state index in [0.717, 1.165) is 0 Å². The van der Waals surface area contributed by atoms with Crippen LogP contribution in [0.25, 0.3) is 32.9 Å². The molecule has 31 heavy (non-hydrogen) atoms. The first-order valence-electron chi connectivity index (χ1n) is 11.7. The highest BCUT2D eigenvalue weighted by Crippen LogP contribution is 2.50. The zero-order valence-electron chi connectivity index (χ0n) is 20.9. The largest absolute Gasteiger partial charge is 0.355 e. The van der Waals surface area contributed by atoms with Crippen molar-refractivity contribution in [1.29, 1.82) is 0 Å². The summed E-state index contributed by atoms with van der Waals surface area (Å²) in [5.74, 6) is 0. The summed E-state index contributed by atoms with van der Waals surface area (Å²) in [5, 5.41) is 2.63. The molecule has 3 aromatic carbocycles. The Bertz CT molecular complexity index is 1080. The van der Waals surface area contributed by atoms with Gasteiger partial charge in [0.15, 0.2) is 0 Å². The number of nitrogens with one attached hydrogen (secondary N) is 1. The van der Waals surface area contributed by atoms with Crippen LogP contribution in [0.1, 0.15) is 72.9 Å². The molecule has 0 saturated carbocycles. The summed E-state index contributed by atoms with van der Waals surface area (Å²) in [7, 11) is 0. The molecule has 1 aromatic heterocycles. The van der Waals surface area contributed by atoms with Crippen LogP contribution in [0.4, 0.5) is 0 Å². The number of rotatable bonds is 0. The molecule has 1 heteroatoms. The normalized spacial score (nSPS) is 11.9. The number of hydrogen-bond acceptors (Lipinski definition) is 0. The van der Waals surface area contributed by atoms with Gasteiger partial charge in [0.2, 0.25) is 0 Å². The maximum absolute atomic E-state index is 3.57. The molecule has 4 aromatic rings. The number of benzene rings is 3. The van der Waals surface area contributed by atoms with Gasteiger partial charge in [-0.15, -0.1) is 13.2 Å². The van der Waals surface area contributed by atoms with Gasteiger partial charge in [0.05, 0.1) is 0 Å². The van der Waals surface area contributed by atoms with Gasteiger partial charge in [0, 0.05) is 27.2 Å². The quantitative estimate of drug-likeness (QED) is 0.275. The molecule has 5 rings (SSSR count). The van der Waals surface area contributed by atoms with Crippen LogP contribution in [0.2, 0.25) is 0 Å². The Balaban J connectivity index is 0.000000475. The third-order valence-electron chi connectivity index (χ3n) is 5.21. The molecule has 1 aliphatic rings. The van der Waals surface area contributed by atoms with Gasteiger partial charge in [-0.05, 0) is 40.5 Å². The smallest absolute Gasteiger partial charge is 0.0468 e. The summed E-state index contributed by atoms with van der Waals surface area (Å²) in [6.07, 6.45) is 1.25. The Hall–Kier alpha value is -2.80. The van der Waals surface area contributed by atoms with Gasteiger partial charge >= 0.3 is 0 Å². The van der Waals surface area contributed by atoms with Crippen LogP contribution in [0.5, 0.6) is 0 Å². The molecule has 0 saturated heterocycles. The second-order valence-corrected chi connectivity index (χ2v) is 7.49. The molecule has 1 N–H and O–H groups in total. The van der Waals surface area contributed by atoms with Crippen molar-refractivity contribution in [2.24, 2.45) is 0 Å². The number of hydrogen-bond donors (Lipinski definition) is 1. The first-order valence-corrected chi connectivity index (χ1v) is 11.7. The second-order valence-electron chi connectivity index (χ2n) is 7.49. The van der Waals surface area contributed by atoms with Gasteiger partial charge in [-0.2, -0.15) is 0 Å². The second kappa shape index (κ2) is 12.2. The lowest BCUT2D eigenvalue weighted by Crippen LogP contribution is -2.14. The third kappa shape index (κ3) is 4.93. The Morgan fingerprint density at radius 2 is 1.23 bits per heavy atom. The lowest BCUT2D eigenvalue weighted by Gasteiger charge is -2.21. The minimum atomic E-state index is 0.0669. The highest BCUT2D eigenvalue weighted by atomic mass is 14.7. The molecule has 0 bridgehead atoms. The monoisotopic (exact) mass is 415 g/mol. The van der Waals surface area contributed by atoms with Gasteiger partial charge in [-0.25, -0.2) is 0 Å². The van der Waals surface area contributed by atoms with E-state index in [9.17, 15) is 0 Å². The average Bonchev–Trinajstić information content (AvgIpc) is 3.30. The van der Waals surface area contributed by atoms with Crippen molar-refractivity contribution in [1.82, 2.24) is 4.98 Å². The summed E-state index contributed by atoms with van der Waals surface area (Å²) in [5.41, 5.74) is 8.15. The summed E-state index contributed by atoms with van der Waals surface area (Å²) in [6, 6.07) is 22.1. The molecular formula is C30H41N. The number of para-hydroxylation sites is 1. The van der Waals surface area contributed by atoms with Gasteiger partial charge < -0.3 is 4.98 Å². The molecule has 0 aliphatic heterocycles. The van der Waals surface area contributed by atoms with Crippen LogP contribution >= 0.6 is 0 Å².